The molecule has 1 saturated carbocycles. The molecule has 2 fully saturated rings. The second-order valence-electron chi connectivity index (χ2n) is 4.58. The van der Waals surface area contributed by atoms with Crippen LogP contribution in [-0.2, 0) is 4.79 Å². The van der Waals surface area contributed by atoms with Crippen molar-refractivity contribution in [1.29, 1.82) is 0 Å². The van der Waals surface area contributed by atoms with Crippen molar-refractivity contribution in [2.45, 2.75) is 31.7 Å². The normalized spacial score (nSPS) is 25.9. The van der Waals surface area contributed by atoms with Crippen molar-refractivity contribution in [1.82, 2.24) is 10.2 Å². The second-order valence-corrected chi connectivity index (χ2v) is 4.58. The Hall–Kier alpha value is -0.610. The van der Waals surface area contributed by atoms with Gasteiger partial charge >= 0.3 is 0 Å². The number of aliphatic hydroxyl groups is 1. The molecule has 15 heavy (non-hydrogen) atoms. The molecule has 1 saturated heterocycles. The van der Waals surface area contributed by atoms with E-state index in [9.17, 15) is 4.79 Å². The zero-order valence-corrected chi connectivity index (χ0v) is 9.11. The average Bonchev–Trinajstić information content (AvgIpc) is 2.98. The van der Waals surface area contributed by atoms with Gasteiger partial charge in [0.1, 0.15) is 0 Å². The first-order valence-corrected chi connectivity index (χ1v) is 5.94. The maximum absolute atomic E-state index is 11.7. The molecule has 1 aliphatic carbocycles. The van der Waals surface area contributed by atoms with Crippen molar-refractivity contribution >= 4 is 5.91 Å². The molecule has 0 bridgehead atoms. The molecule has 0 aromatic rings. The predicted octanol–water partition coefficient (Wildman–Crippen LogP) is -0.0307. The Morgan fingerprint density at radius 2 is 2.20 bits per heavy atom. The Kier molecular flexibility index (Phi) is 3.59. The van der Waals surface area contributed by atoms with E-state index in [1.54, 1.807) is 0 Å². The molecule has 86 valence electrons. The van der Waals surface area contributed by atoms with Gasteiger partial charge in [-0.05, 0) is 32.2 Å². The zero-order valence-electron chi connectivity index (χ0n) is 9.11. The second kappa shape index (κ2) is 4.94. The number of amides is 1. The number of hydrogen-bond acceptors (Lipinski definition) is 3. The summed E-state index contributed by atoms with van der Waals surface area (Å²) in [5.74, 6) is 0.711. The molecule has 2 rings (SSSR count). The number of nitrogens with zero attached hydrogens (tertiary/aromatic N) is 1. The summed E-state index contributed by atoms with van der Waals surface area (Å²) >= 11 is 0. The molecule has 4 heteroatoms. The Labute approximate surface area is 90.6 Å². The van der Waals surface area contributed by atoms with E-state index in [-0.39, 0.29) is 6.61 Å². The fourth-order valence-electron chi connectivity index (χ4n) is 2.10. The highest BCUT2D eigenvalue weighted by Gasteiger charge is 2.36. The summed E-state index contributed by atoms with van der Waals surface area (Å²) in [5, 5.41) is 12.0. The Bertz CT molecular complexity index is 229. The molecule has 4 nitrogen and oxygen atoms in total. The number of nitrogens with one attached hydrogen (secondary N) is 1. The summed E-state index contributed by atoms with van der Waals surface area (Å²) < 4.78 is 0. The van der Waals surface area contributed by atoms with Gasteiger partial charge < -0.3 is 15.3 Å². The lowest BCUT2D eigenvalue weighted by Crippen LogP contribution is -2.36. The lowest BCUT2D eigenvalue weighted by atomic mass is 10.2. The summed E-state index contributed by atoms with van der Waals surface area (Å²) in [5.41, 5.74) is 0. The quantitative estimate of drug-likeness (QED) is 0.629. The maximum atomic E-state index is 11.7. The van der Waals surface area contributed by atoms with Crippen LogP contribution in [-0.4, -0.2) is 48.2 Å². The predicted molar refractivity (Wildman–Crippen MR) is 57.4 cm³/mol. The number of rotatable bonds is 5. The van der Waals surface area contributed by atoms with Crippen LogP contribution in [0, 0.1) is 5.92 Å². The number of carbonyl (C=O) groups is 1. The van der Waals surface area contributed by atoms with Crippen molar-refractivity contribution in [3.63, 3.8) is 0 Å². The Morgan fingerprint density at radius 3 is 2.87 bits per heavy atom. The third kappa shape index (κ3) is 2.92. The average molecular weight is 212 g/mol. The summed E-state index contributed by atoms with van der Waals surface area (Å²) in [6, 6.07) is 0.444. The summed E-state index contributed by atoms with van der Waals surface area (Å²) in [7, 11) is 0. The van der Waals surface area contributed by atoms with Gasteiger partial charge in [-0.3, -0.25) is 4.79 Å². The van der Waals surface area contributed by atoms with Crippen LogP contribution < -0.4 is 5.32 Å². The van der Waals surface area contributed by atoms with Crippen molar-refractivity contribution < 1.29 is 9.90 Å². The fourth-order valence-corrected chi connectivity index (χ4v) is 2.10. The van der Waals surface area contributed by atoms with E-state index in [0.29, 0.717) is 17.9 Å². The van der Waals surface area contributed by atoms with Crippen molar-refractivity contribution in [3.8, 4) is 0 Å². The molecule has 0 aromatic heterocycles. The smallest absolute Gasteiger partial charge is 0.225 e. The molecule has 1 heterocycles. The number of carbonyl (C=O) groups excluding carboxylic acids is 1. The summed E-state index contributed by atoms with van der Waals surface area (Å²) in [6.45, 7) is 2.87. The molecular formula is C11H20N2O2. The molecule has 0 aromatic carbocycles. The van der Waals surface area contributed by atoms with Crippen LogP contribution in [0.2, 0.25) is 0 Å². The topological polar surface area (TPSA) is 52.6 Å². The third-order valence-electron chi connectivity index (χ3n) is 3.19. The van der Waals surface area contributed by atoms with Gasteiger partial charge in [0.15, 0.2) is 0 Å². The van der Waals surface area contributed by atoms with E-state index >= 15 is 0 Å². The van der Waals surface area contributed by atoms with Gasteiger partial charge in [-0.15, -0.1) is 0 Å². The van der Waals surface area contributed by atoms with E-state index in [1.165, 1.54) is 0 Å². The van der Waals surface area contributed by atoms with Gasteiger partial charge in [0.05, 0.1) is 0 Å². The van der Waals surface area contributed by atoms with E-state index in [2.05, 4.69) is 5.32 Å². The highest BCUT2D eigenvalue weighted by Crippen LogP contribution is 2.32. The highest BCUT2D eigenvalue weighted by atomic mass is 16.3. The summed E-state index contributed by atoms with van der Waals surface area (Å²) in [4.78, 5) is 13.7. The lowest BCUT2D eigenvalue weighted by molar-refractivity contribution is -0.131. The SMILES string of the molecule is O=C(C1CC1)N1CCC(NCCCO)C1. The lowest BCUT2D eigenvalue weighted by Gasteiger charge is -2.16. The molecule has 2 aliphatic rings. The van der Waals surface area contributed by atoms with Gasteiger partial charge in [-0.2, -0.15) is 0 Å². The summed E-state index contributed by atoms with van der Waals surface area (Å²) in [6.07, 6.45) is 4.05. The van der Waals surface area contributed by atoms with Crippen molar-refractivity contribution in [2.75, 3.05) is 26.2 Å². The minimum atomic E-state index is 0.241. The first-order chi connectivity index (χ1) is 7.31. The molecule has 1 atom stereocenters. The molecule has 0 radical (unpaired) electrons. The minimum absolute atomic E-state index is 0.241. The van der Waals surface area contributed by atoms with Gasteiger partial charge in [0, 0.05) is 31.7 Å². The molecule has 1 aliphatic heterocycles. The number of hydrogen-bond donors (Lipinski definition) is 2. The van der Waals surface area contributed by atoms with Crippen molar-refractivity contribution in [3.05, 3.63) is 0 Å². The standard InChI is InChI=1S/C11H20N2O2/c14-7-1-5-12-10-4-6-13(8-10)11(15)9-2-3-9/h9-10,12,14H,1-8H2. The van der Waals surface area contributed by atoms with E-state index in [1.807, 2.05) is 4.90 Å². The van der Waals surface area contributed by atoms with Gasteiger partial charge in [0.25, 0.3) is 0 Å². The largest absolute Gasteiger partial charge is 0.396 e. The maximum Gasteiger partial charge on any atom is 0.225 e. The van der Waals surface area contributed by atoms with Crippen LogP contribution in [0.4, 0.5) is 0 Å². The van der Waals surface area contributed by atoms with Gasteiger partial charge in [-0.25, -0.2) is 0 Å². The molecule has 0 spiro atoms. The van der Waals surface area contributed by atoms with Crippen LogP contribution in [0.3, 0.4) is 0 Å². The van der Waals surface area contributed by atoms with Crippen LogP contribution >= 0.6 is 0 Å². The van der Waals surface area contributed by atoms with E-state index in [4.69, 9.17) is 5.11 Å². The number of aliphatic hydroxyl groups excluding tert-OH is 1. The highest BCUT2D eigenvalue weighted by molar-refractivity contribution is 5.81. The van der Waals surface area contributed by atoms with Crippen LogP contribution in [0.15, 0.2) is 0 Å². The molecule has 1 amide bonds. The van der Waals surface area contributed by atoms with E-state index in [0.717, 1.165) is 45.3 Å². The first kappa shape index (κ1) is 10.9. The Balaban J connectivity index is 1.67. The molecule has 2 N–H and O–H groups in total. The fraction of sp³-hybridized carbons (Fsp3) is 0.909. The van der Waals surface area contributed by atoms with E-state index < -0.39 is 0 Å². The van der Waals surface area contributed by atoms with Gasteiger partial charge in [0.2, 0.25) is 5.91 Å². The monoisotopic (exact) mass is 212 g/mol. The Morgan fingerprint density at radius 1 is 1.40 bits per heavy atom. The third-order valence-corrected chi connectivity index (χ3v) is 3.19. The van der Waals surface area contributed by atoms with Crippen molar-refractivity contribution in [2.24, 2.45) is 5.92 Å². The zero-order chi connectivity index (χ0) is 10.7. The first-order valence-electron chi connectivity index (χ1n) is 5.94. The van der Waals surface area contributed by atoms with Crippen LogP contribution in [0.5, 0.6) is 0 Å². The van der Waals surface area contributed by atoms with Crippen LogP contribution in [0.25, 0.3) is 0 Å². The van der Waals surface area contributed by atoms with Gasteiger partial charge in [-0.1, -0.05) is 0 Å². The van der Waals surface area contributed by atoms with Crippen LogP contribution in [0.1, 0.15) is 25.7 Å². The number of likely N-dealkylation sites (tertiary alicyclic amines) is 1. The molecular weight excluding hydrogens is 192 g/mol. The minimum Gasteiger partial charge on any atom is -0.396 e. The molecule has 1 unspecified atom stereocenters.